The Hall–Kier alpha value is -3.15. The lowest BCUT2D eigenvalue weighted by molar-refractivity contribution is -0.119. The van der Waals surface area contributed by atoms with Gasteiger partial charge >= 0.3 is 0 Å². The maximum Gasteiger partial charge on any atom is 0.274 e. The van der Waals surface area contributed by atoms with Gasteiger partial charge in [0.15, 0.2) is 0 Å². The second kappa shape index (κ2) is 7.59. The van der Waals surface area contributed by atoms with Crippen LogP contribution in [0.1, 0.15) is 52.8 Å². The topological polar surface area (TPSA) is 76.1 Å². The molecule has 1 aliphatic heterocycles. The highest BCUT2D eigenvalue weighted by atomic mass is 16.2. The monoisotopic (exact) mass is 400 g/mol. The molecule has 1 atom stereocenters. The molecule has 0 aromatic carbocycles. The number of hydrogen-bond donors (Lipinski definition) is 0. The molecule has 3 aliphatic rings. The first-order valence-electron chi connectivity index (χ1n) is 10.6. The standard InChI is InChI=1S/C24H24N4O2/c1-15-14-28(24(30)22-13-25-8-9-26-22)10-7-18(15)20-11-17(12-23(29)16-5-6-16)27-21-4-2-3-19(20)21/h2-3,7-9,11,13,15-16H,4-6,10,12,14H2,1H3. The Balaban J connectivity index is 1.42. The van der Waals surface area contributed by atoms with E-state index in [0.29, 0.717) is 31.0 Å². The van der Waals surface area contributed by atoms with Crippen LogP contribution in [0.25, 0.3) is 11.6 Å². The molecular weight excluding hydrogens is 376 g/mol. The number of rotatable bonds is 5. The fraction of sp³-hybridized carbons (Fsp3) is 0.375. The molecule has 1 amide bonds. The van der Waals surface area contributed by atoms with Gasteiger partial charge in [-0.3, -0.25) is 19.6 Å². The van der Waals surface area contributed by atoms with Crippen molar-refractivity contribution < 1.29 is 9.59 Å². The second-order valence-corrected chi connectivity index (χ2v) is 8.41. The van der Waals surface area contributed by atoms with Gasteiger partial charge in [-0.1, -0.05) is 25.2 Å². The number of aromatic nitrogens is 3. The molecule has 6 nitrogen and oxygen atoms in total. The van der Waals surface area contributed by atoms with Crippen LogP contribution in [0, 0.1) is 11.8 Å². The molecule has 0 bridgehead atoms. The summed E-state index contributed by atoms with van der Waals surface area (Å²) in [5.41, 5.74) is 5.84. The Morgan fingerprint density at radius 3 is 2.83 bits per heavy atom. The summed E-state index contributed by atoms with van der Waals surface area (Å²) in [6.07, 6.45) is 14.3. The lowest BCUT2D eigenvalue weighted by atomic mass is 9.87. The van der Waals surface area contributed by atoms with Crippen LogP contribution in [0.15, 0.2) is 36.8 Å². The van der Waals surface area contributed by atoms with Gasteiger partial charge in [0.25, 0.3) is 5.91 Å². The van der Waals surface area contributed by atoms with Crippen LogP contribution in [0.5, 0.6) is 0 Å². The minimum atomic E-state index is -0.0965. The van der Waals surface area contributed by atoms with Crippen LogP contribution in [-0.2, 0) is 17.6 Å². The summed E-state index contributed by atoms with van der Waals surface area (Å²) in [5.74, 6) is 0.633. The predicted octanol–water partition coefficient (Wildman–Crippen LogP) is 3.14. The zero-order chi connectivity index (χ0) is 20.7. The molecule has 1 unspecified atom stereocenters. The van der Waals surface area contributed by atoms with Crippen molar-refractivity contribution in [2.24, 2.45) is 11.8 Å². The summed E-state index contributed by atoms with van der Waals surface area (Å²) >= 11 is 0. The smallest absolute Gasteiger partial charge is 0.274 e. The molecule has 1 saturated carbocycles. The third-order valence-corrected chi connectivity index (χ3v) is 6.11. The van der Waals surface area contributed by atoms with Crippen LogP contribution in [0.4, 0.5) is 0 Å². The summed E-state index contributed by atoms with van der Waals surface area (Å²) in [6, 6.07) is 2.09. The lowest BCUT2D eigenvalue weighted by Crippen LogP contribution is -2.38. The highest BCUT2D eigenvalue weighted by molar-refractivity contribution is 5.93. The molecule has 6 heteroatoms. The van der Waals surface area contributed by atoms with E-state index in [0.717, 1.165) is 41.8 Å². The minimum Gasteiger partial charge on any atom is -0.333 e. The van der Waals surface area contributed by atoms with Gasteiger partial charge in [0.05, 0.1) is 11.9 Å². The molecule has 1 fully saturated rings. The van der Waals surface area contributed by atoms with E-state index >= 15 is 0 Å². The molecule has 2 aliphatic carbocycles. The van der Waals surface area contributed by atoms with E-state index < -0.39 is 0 Å². The van der Waals surface area contributed by atoms with Gasteiger partial charge < -0.3 is 4.90 Å². The van der Waals surface area contributed by atoms with Crippen molar-refractivity contribution in [2.75, 3.05) is 13.1 Å². The fourth-order valence-electron chi connectivity index (χ4n) is 4.38. The number of pyridine rings is 1. The van der Waals surface area contributed by atoms with Crippen LogP contribution < -0.4 is 0 Å². The van der Waals surface area contributed by atoms with Crippen LogP contribution in [-0.4, -0.2) is 44.6 Å². The van der Waals surface area contributed by atoms with Crippen molar-refractivity contribution in [3.8, 4) is 0 Å². The third-order valence-electron chi connectivity index (χ3n) is 6.11. The maximum atomic E-state index is 12.8. The normalized spacial score (nSPS) is 20.1. The number of carbonyl (C=O) groups excluding carboxylic acids is 2. The summed E-state index contributed by atoms with van der Waals surface area (Å²) in [5, 5.41) is 0. The molecule has 0 saturated heterocycles. The summed E-state index contributed by atoms with van der Waals surface area (Å²) in [4.78, 5) is 39.8. The number of nitrogens with zero attached hydrogens (tertiary/aromatic N) is 4. The van der Waals surface area contributed by atoms with Crippen molar-refractivity contribution in [3.63, 3.8) is 0 Å². The molecule has 0 radical (unpaired) electrons. The Labute approximate surface area is 175 Å². The first-order valence-corrected chi connectivity index (χ1v) is 10.6. The van der Waals surface area contributed by atoms with E-state index in [2.05, 4.69) is 41.2 Å². The molecule has 3 heterocycles. The first-order chi connectivity index (χ1) is 14.6. The van der Waals surface area contributed by atoms with E-state index in [1.165, 1.54) is 11.8 Å². The van der Waals surface area contributed by atoms with E-state index in [4.69, 9.17) is 4.98 Å². The molecule has 152 valence electrons. The molecule has 0 N–H and O–H groups in total. The molecule has 5 rings (SSSR count). The van der Waals surface area contributed by atoms with E-state index in [-0.39, 0.29) is 17.7 Å². The molecule has 30 heavy (non-hydrogen) atoms. The average molecular weight is 400 g/mol. The van der Waals surface area contributed by atoms with Crippen LogP contribution in [0.2, 0.25) is 0 Å². The lowest BCUT2D eigenvalue weighted by Gasteiger charge is -2.32. The van der Waals surface area contributed by atoms with E-state index in [9.17, 15) is 9.59 Å². The molecule has 2 aromatic rings. The number of ketones is 1. The van der Waals surface area contributed by atoms with Gasteiger partial charge in [0, 0.05) is 55.5 Å². The molecular formula is C24H24N4O2. The zero-order valence-corrected chi connectivity index (χ0v) is 17.0. The average Bonchev–Trinajstić information content (AvgIpc) is 3.51. The predicted molar refractivity (Wildman–Crippen MR) is 113 cm³/mol. The van der Waals surface area contributed by atoms with Gasteiger partial charge in [-0.15, -0.1) is 0 Å². The summed E-state index contributed by atoms with van der Waals surface area (Å²) in [6.45, 7) is 3.30. The minimum absolute atomic E-state index is 0.0965. The Morgan fingerprint density at radius 1 is 1.23 bits per heavy atom. The Kier molecular flexibility index (Phi) is 4.77. The van der Waals surface area contributed by atoms with Crippen molar-refractivity contribution in [2.45, 2.75) is 32.6 Å². The van der Waals surface area contributed by atoms with Gasteiger partial charge in [-0.25, -0.2) is 4.98 Å². The number of carbonyl (C=O) groups is 2. The Bertz CT molecular complexity index is 1070. The fourth-order valence-corrected chi connectivity index (χ4v) is 4.38. The van der Waals surface area contributed by atoms with Gasteiger partial charge in [0.1, 0.15) is 11.5 Å². The van der Waals surface area contributed by atoms with Crippen molar-refractivity contribution in [1.82, 2.24) is 19.9 Å². The highest BCUT2D eigenvalue weighted by Gasteiger charge is 2.31. The maximum absolute atomic E-state index is 12.8. The number of hydrogen-bond acceptors (Lipinski definition) is 5. The van der Waals surface area contributed by atoms with Gasteiger partial charge in [-0.05, 0) is 36.0 Å². The Morgan fingerprint density at radius 2 is 2.10 bits per heavy atom. The van der Waals surface area contributed by atoms with Crippen LogP contribution >= 0.6 is 0 Å². The molecule has 2 aromatic heterocycles. The summed E-state index contributed by atoms with van der Waals surface area (Å²) in [7, 11) is 0. The van der Waals surface area contributed by atoms with Crippen LogP contribution in [0.3, 0.4) is 0 Å². The molecule has 0 spiro atoms. The third kappa shape index (κ3) is 3.58. The van der Waals surface area contributed by atoms with Crippen molar-refractivity contribution >= 4 is 23.3 Å². The number of amides is 1. The quantitative estimate of drug-likeness (QED) is 0.771. The van der Waals surface area contributed by atoms with E-state index in [1.54, 1.807) is 12.4 Å². The number of allylic oxidation sites excluding steroid dienone is 1. The second-order valence-electron chi connectivity index (χ2n) is 8.41. The van der Waals surface area contributed by atoms with Crippen molar-refractivity contribution in [3.05, 3.63) is 65.0 Å². The van der Waals surface area contributed by atoms with E-state index in [1.807, 2.05) is 4.90 Å². The number of Topliss-reactive ketones (excluding diaryl/α,β-unsaturated/α-hetero) is 1. The van der Waals surface area contributed by atoms with Gasteiger partial charge in [-0.2, -0.15) is 0 Å². The SMILES string of the molecule is CC1CN(C(=O)c2cnccn2)CC=C1c1cc(CC(=O)C2CC2)nc2c1C=CC2. The van der Waals surface area contributed by atoms with Crippen molar-refractivity contribution in [1.29, 1.82) is 0 Å². The van der Waals surface area contributed by atoms with Gasteiger partial charge in [0.2, 0.25) is 0 Å². The summed E-state index contributed by atoms with van der Waals surface area (Å²) < 4.78 is 0. The highest BCUT2D eigenvalue weighted by Crippen LogP contribution is 2.36. The number of fused-ring (bicyclic) bond motifs is 1. The zero-order valence-electron chi connectivity index (χ0n) is 17.0. The first kappa shape index (κ1) is 18.9. The largest absolute Gasteiger partial charge is 0.333 e.